The number of hydrogen-bond donors (Lipinski definition) is 0. The van der Waals surface area contributed by atoms with Gasteiger partial charge in [-0.2, -0.15) is 18.4 Å². The lowest BCUT2D eigenvalue weighted by molar-refractivity contribution is -0.137. The van der Waals surface area contributed by atoms with Crippen LogP contribution in [0.2, 0.25) is 0 Å². The number of benzene rings is 3. The molecule has 0 spiro atoms. The molecule has 0 N–H and O–H groups in total. The molecule has 2 amide bonds. The Morgan fingerprint density at radius 2 is 1.67 bits per heavy atom. The van der Waals surface area contributed by atoms with Crippen molar-refractivity contribution in [2.24, 2.45) is 0 Å². The topological polar surface area (TPSA) is 56.6 Å². The number of hydrogen-bond acceptors (Lipinski definition) is 3. The molecule has 0 unspecified atom stereocenters. The molecule has 168 valence electrons. The summed E-state index contributed by atoms with van der Waals surface area (Å²) in [7, 11) is 0. The molecule has 1 fully saturated rings. The van der Waals surface area contributed by atoms with Crippen molar-refractivity contribution < 1.29 is 22.7 Å². The zero-order chi connectivity index (χ0) is 23.6. The highest BCUT2D eigenvalue weighted by molar-refractivity contribution is 5.95. The van der Waals surface area contributed by atoms with Gasteiger partial charge in [0.1, 0.15) is 18.0 Å². The molecule has 1 saturated heterocycles. The van der Waals surface area contributed by atoms with Gasteiger partial charge >= 0.3 is 12.2 Å². The van der Waals surface area contributed by atoms with Crippen molar-refractivity contribution in [1.82, 2.24) is 4.90 Å². The van der Waals surface area contributed by atoms with Crippen molar-refractivity contribution in [1.29, 1.82) is 5.26 Å². The minimum atomic E-state index is -4.50. The Kier molecular flexibility index (Phi) is 5.97. The smallest absolute Gasteiger partial charge is 0.416 e. The Balaban J connectivity index is 1.64. The summed E-state index contributed by atoms with van der Waals surface area (Å²) in [6.07, 6.45) is -4.50. The number of carbonyl (C=O) groups is 1. The number of carbonyl (C=O) groups excluding carboxylic acids is 1. The maximum atomic E-state index is 13.2. The van der Waals surface area contributed by atoms with Crippen LogP contribution in [-0.4, -0.2) is 24.0 Å². The van der Waals surface area contributed by atoms with Crippen LogP contribution in [0, 0.1) is 18.3 Å². The van der Waals surface area contributed by atoms with Gasteiger partial charge < -0.3 is 9.64 Å². The molecular formula is C25H20F3N3O2. The fraction of sp³-hybridized carbons (Fsp3) is 0.200. The lowest BCUT2D eigenvalue weighted by Crippen LogP contribution is -2.32. The van der Waals surface area contributed by atoms with E-state index in [0.717, 1.165) is 17.7 Å². The molecule has 0 aliphatic carbocycles. The van der Waals surface area contributed by atoms with Crippen LogP contribution < -0.4 is 9.64 Å². The highest BCUT2D eigenvalue weighted by Gasteiger charge is 2.40. The molecule has 1 aliphatic rings. The molecular weight excluding hydrogens is 431 g/mol. The zero-order valence-corrected chi connectivity index (χ0v) is 17.7. The molecule has 3 aromatic carbocycles. The number of amides is 2. The number of urea groups is 1. The second-order valence-electron chi connectivity index (χ2n) is 7.74. The van der Waals surface area contributed by atoms with Gasteiger partial charge in [-0.3, -0.25) is 4.90 Å². The summed E-state index contributed by atoms with van der Waals surface area (Å²) in [5, 5.41) is 9.07. The van der Waals surface area contributed by atoms with Crippen molar-refractivity contribution in [3.05, 3.63) is 89.5 Å². The maximum absolute atomic E-state index is 13.2. The van der Waals surface area contributed by atoms with Gasteiger partial charge in [0.15, 0.2) is 0 Å². The van der Waals surface area contributed by atoms with Crippen LogP contribution in [0.3, 0.4) is 0 Å². The molecule has 1 aliphatic heterocycles. The normalized spacial score (nSPS) is 16.1. The number of aryl methyl sites for hydroxylation is 1. The highest BCUT2D eigenvalue weighted by atomic mass is 19.4. The minimum absolute atomic E-state index is 0.106. The molecule has 1 heterocycles. The van der Waals surface area contributed by atoms with Crippen LogP contribution in [0.5, 0.6) is 11.5 Å². The van der Waals surface area contributed by atoms with Crippen LogP contribution >= 0.6 is 0 Å². The van der Waals surface area contributed by atoms with E-state index < -0.39 is 23.8 Å². The van der Waals surface area contributed by atoms with E-state index in [2.05, 4.69) is 0 Å². The van der Waals surface area contributed by atoms with Gasteiger partial charge in [-0.15, -0.1) is 0 Å². The first-order chi connectivity index (χ1) is 15.8. The van der Waals surface area contributed by atoms with E-state index >= 15 is 0 Å². The Labute approximate surface area is 189 Å². The zero-order valence-electron chi connectivity index (χ0n) is 17.7. The van der Waals surface area contributed by atoms with Gasteiger partial charge in [-0.05, 0) is 61.0 Å². The molecule has 1 atom stereocenters. The first-order valence-electron chi connectivity index (χ1n) is 10.2. The number of anilines is 1. The fourth-order valence-electron chi connectivity index (χ4n) is 3.76. The summed E-state index contributed by atoms with van der Waals surface area (Å²) in [5.41, 5.74) is 1.17. The van der Waals surface area contributed by atoms with E-state index in [0.29, 0.717) is 22.7 Å². The maximum Gasteiger partial charge on any atom is 0.416 e. The molecule has 0 bridgehead atoms. The van der Waals surface area contributed by atoms with Crippen molar-refractivity contribution >= 4 is 11.7 Å². The van der Waals surface area contributed by atoms with E-state index in [1.807, 2.05) is 37.3 Å². The van der Waals surface area contributed by atoms with Crippen molar-refractivity contribution in [3.63, 3.8) is 0 Å². The van der Waals surface area contributed by atoms with Crippen LogP contribution in [0.1, 0.15) is 22.7 Å². The van der Waals surface area contributed by atoms with E-state index in [1.165, 1.54) is 15.9 Å². The summed E-state index contributed by atoms with van der Waals surface area (Å²) >= 11 is 0. The third-order valence-corrected chi connectivity index (χ3v) is 5.41. The molecule has 4 rings (SSSR count). The molecule has 33 heavy (non-hydrogen) atoms. The third-order valence-electron chi connectivity index (χ3n) is 5.41. The van der Waals surface area contributed by atoms with Crippen molar-refractivity contribution in [2.45, 2.75) is 19.1 Å². The summed E-state index contributed by atoms with van der Waals surface area (Å²) in [6.45, 7) is 1.93. The summed E-state index contributed by atoms with van der Waals surface area (Å²) in [6, 6.07) is 20.0. The summed E-state index contributed by atoms with van der Waals surface area (Å²) < 4.78 is 45.6. The summed E-state index contributed by atoms with van der Waals surface area (Å²) in [5.74, 6) is 1.21. The van der Waals surface area contributed by atoms with E-state index in [1.54, 1.807) is 30.3 Å². The standard InChI is InChI=1S/C25H20F3N3O2/c1-17-5-9-21(10-6-17)33-22-11-7-20(8-12-22)31-23(16-30(14-13-29)24(31)32)18-3-2-4-19(15-18)25(26,27)28/h2-12,15,23H,14,16H2,1H3/t23-/m1/s1. The molecule has 0 saturated carbocycles. The average Bonchev–Trinajstić information content (AvgIpc) is 3.12. The first-order valence-corrected chi connectivity index (χ1v) is 10.2. The number of alkyl halides is 3. The fourth-order valence-corrected chi connectivity index (χ4v) is 3.76. The SMILES string of the molecule is Cc1ccc(Oc2ccc(N3C(=O)N(CC#N)C[C@@H]3c3cccc(C(F)(F)F)c3)cc2)cc1. The largest absolute Gasteiger partial charge is 0.457 e. The Hall–Kier alpha value is -3.99. The van der Waals surface area contributed by atoms with Crippen LogP contribution in [-0.2, 0) is 6.18 Å². The number of nitrogens with zero attached hydrogens (tertiary/aromatic N) is 3. The van der Waals surface area contributed by atoms with E-state index in [9.17, 15) is 18.0 Å². The molecule has 0 radical (unpaired) electrons. The number of rotatable bonds is 5. The molecule has 3 aromatic rings. The van der Waals surface area contributed by atoms with Crippen LogP contribution in [0.4, 0.5) is 23.7 Å². The third kappa shape index (κ3) is 4.77. The van der Waals surface area contributed by atoms with Gasteiger partial charge in [0.05, 0.1) is 17.7 Å². The van der Waals surface area contributed by atoms with Gasteiger partial charge in [-0.25, -0.2) is 4.79 Å². The Bertz CT molecular complexity index is 1190. The predicted octanol–water partition coefficient (Wildman–Crippen LogP) is 6.31. The van der Waals surface area contributed by atoms with E-state index in [4.69, 9.17) is 10.00 Å². The monoisotopic (exact) mass is 451 g/mol. The lowest BCUT2D eigenvalue weighted by atomic mass is 10.0. The van der Waals surface area contributed by atoms with Crippen LogP contribution in [0.25, 0.3) is 0 Å². The summed E-state index contributed by atoms with van der Waals surface area (Å²) in [4.78, 5) is 15.8. The second kappa shape index (κ2) is 8.87. The molecule has 8 heteroatoms. The number of nitriles is 1. The van der Waals surface area contributed by atoms with E-state index in [-0.39, 0.29) is 13.1 Å². The molecule has 0 aromatic heterocycles. The number of halogens is 3. The number of ether oxygens (including phenoxy) is 1. The quantitative estimate of drug-likeness (QED) is 0.427. The van der Waals surface area contributed by atoms with Gasteiger partial charge in [-0.1, -0.05) is 29.8 Å². The van der Waals surface area contributed by atoms with Crippen LogP contribution in [0.15, 0.2) is 72.8 Å². The molecule has 5 nitrogen and oxygen atoms in total. The first kappa shape index (κ1) is 22.2. The van der Waals surface area contributed by atoms with Gasteiger partial charge in [0.2, 0.25) is 0 Å². The van der Waals surface area contributed by atoms with Gasteiger partial charge in [0, 0.05) is 12.2 Å². The highest BCUT2D eigenvalue weighted by Crippen LogP contribution is 2.38. The lowest BCUT2D eigenvalue weighted by Gasteiger charge is -2.24. The average molecular weight is 451 g/mol. The second-order valence-corrected chi connectivity index (χ2v) is 7.74. The van der Waals surface area contributed by atoms with Crippen molar-refractivity contribution in [3.8, 4) is 17.6 Å². The minimum Gasteiger partial charge on any atom is -0.457 e. The Morgan fingerprint density at radius 3 is 2.27 bits per heavy atom. The van der Waals surface area contributed by atoms with Gasteiger partial charge in [0.25, 0.3) is 0 Å². The predicted molar refractivity (Wildman–Crippen MR) is 117 cm³/mol. The van der Waals surface area contributed by atoms with Crippen molar-refractivity contribution in [2.75, 3.05) is 18.0 Å². The Morgan fingerprint density at radius 1 is 1.03 bits per heavy atom.